The van der Waals surface area contributed by atoms with E-state index in [-0.39, 0.29) is 0 Å². The Kier molecular flexibility index (Phi) is 13.7. The van der Waals surface area contributed by atoms with Gasteiger partial charge in [-0.1, -0.05) is 63.0 Å². The van der Waals surface area contributed by atoms with E-state index in [2.05, 4.69) is 87.2 Å². The summed E-state index contributed by atoms with van der Waals surface area (Å²) in [5.41, 5.74) is 5.91. The van der Waals surface area contributed by atoms with Gasteiger partial charge in [-0.3, -0.25) is 0 Å². The van der Waals surface area contributed by atoms with Crippen LogP contribution >= 0.6 is 0 Å². The Balaban J connectivity index is 2.23. The first kappa shape index (κ1) is 29.9. The van der Waals surface area contributed by atoms with E-state index in [9.17, 15) is 0 Å². The second kappa shape index (κ2) is 16.4. The zero-order valence-electron chi connectivity index (χ0n) is 23.7. The lowest BCUT2D eigenvalue weighted by molar-refractivity contribution is 0.356. The molecule has 0 heterocycles. The summed E-state index contributed by atoms with van der Waals surface area (Å²) in [4.78, 5) is 2.48. The molecule has 3 heteroatoms. The van der Waals surface area contributed by atoms with Crippen molar-refractivity contribution in [1.82, 2.24) is 10.2 Å². The van der Waals surface area contributed by atoms with Crippen LogP contribution in [0.15, 0.2) is 58.9 Å². The predicted octanol–water partition coefficient (Wildman–Crippen LogP) is 7.99. The zero-order chi connectivity index (χ0) is 26.3. The van der Waals surface area contributed by atoms with Gasteiger partial charge in [0, 0.05) is 36.8 Å². The molecule has 0 aliphatic heterocycles. The summed E-state index contributed by atoms with van der Waals surface area (Å²) in [6.07, 6.45) is 29.2. The van der Waals surface area contributed by atoms with Crippen molar-refractivity contribution in [2.24, 2.45) is 11.8 Å². The zero-order valence-corrected chi connectivity index (χ0v) is 23.7. The second-order valence-corrected chi connectivity index (χ2v) is 10.7. The van der Waals surface area contributed by atoms with Crippen LogP contribution in [0, 0.1) is 29.6 Å². The summed E-state index contributed by atoms with van der Waals surface area (Å²) in [6, 6.07) is 0.444. The third-order valence-corrected chi connectivity index (χ3v) is 7.45. The van der Waals surface area contributed by atoms with Crippen LogP contribution in [0.2, 0.25) is 0 Å². The number of nitrogens with one attached hydrogen (secondary N) is 2. The molecule has 1 fully saturated rings. The number of terminal acetylenes is 1. The highest BCUT2D eigenvalue weighted by molar-refractivity contribution is 5.87. The standard InChI is InChI=1S/C33H51N3/c1-7-10-23-35-27(5)15-12-19-33(29(9-3)16-13-18-32(34)31-20-21-31)36(24-8-2)25-22-30-17-11-14-26(4)28(30)6/h3,11-13,16-17,19,26-27,31,34-35H,7-8,10,14-15,18,20-25H2,1-2,4-6H3/b16-13+,19-12-,33-29-,34-32?. The molecular formula is C33H51N3. The van der Waals surface area contributed by atoms with Crippen LogP contribution in [0.5, 0.6) is 0 Å². The molecule has 2 unspecified atom stereocenters. The van der Waals surface area contributed by atoms with Gasteiger partial charge in [-0.25, -0.2) is 0 Å². The van der Waals surface area contributed by atoms with Gasteiger partial charge in [0.05, 0.1) is 5.70 Å². The maximum absolute atomic E-state index is 8.25. The monoisotopic (exact) mass is 489 g/mol. The third-order valence-electron chi connectivity index (χ3n) is 7.45. The number of nitrogens with zero attached hydrogens (tertiary/aromatic N) is 1. The van der Waals surface area contributed by atoms with Crippen molar-refractivity contribution >= 4 is 5.71 Å². The van der Waals surface area contributed by atoms with Crippen molar-refractivity contribution in [3.63, 3.8) is 0 Å². The smallest absolute Gasteiger partial charge is 0.0522 e. The maximum atomic E-state index is 8.25. The van der Waals surface area contributed by atoms with Gasteiger partial charge in [0.25, 0.3) is 0 Å². The Morgan fingerprint density at radius 2 is 2.00 bits per heavy atom. The number of unbranched alkanes of at least 4 members (excludes halogenated alkanes) is 1. The number of hydrogen-bond acceptors (Lipinski definition) is 3. The molecule has 0 aromatic carbocycles. The van der Waals surface area contributed by atoms with Gasteiger partial charge in [0.2, 0.25) is 0 Å². The van der Waals surface area contributed by atoms with E-state index in [1.54, 1.807) is 0 Å². The van der Waals surface area contributed by atoms with Gasteiger partial charge < -0.3 is 15.6 Å². The largest absolute Gasteiger partial charge is 0.370 e. The highest BCUT2D eigenvalue weighted by Crippen LogP contribution is 2.31. The van der Waals surface area contributed by atoms with Crippen LogP contribution in [0.1, 0.15) is 92.4 Å². The van der Waals surface area contributed by atoms with E-state index in [0.29, 0.717) is 24.3 Å². The van der Waals surface area contributed by atoms with E-state index in [1.165, 1.54) is 36.8 Å². The predicted molar refractivity (Wildman–Crippen MR) is 158 cm³/mol. The van der Waals surface area contributed by atoms with Crippen LogP contribution < -0.4 is 5.32 Å². The van der Waals surface area contributed by atoms with Crippen molar-refractivity contribution in [2.75, 3.05) is 19.6 Å². The lowest BCUT2D eigenvalue weighted by atomic mass is 9.88. The maximum Gasteiger partial charge on any atom is 0.0522 e. The molecular weight excluding hydrogens is 438 g/mol. The van der Waals surface area contributed by atoms with Gasteiger partial charge >= 0.3 is 0 Å². The Morgan fingerprint density at radius 1 is 1.22 bits per heavy atom. The van der Waals surface area contributed by atoms with Gasteiger partial charge in [0.1, 0.15) is 0 Å². The summed E-state index contributed by atoms with van der Waals surface area (Å²) < 4.78 is 0. The van der Waals surface area contributed by atoms with Crippen LogP contribution in [0.4, 0.5) is 0 Å². The Hall–Kier alpha value is -2.31. The molecule has 0 saturated heterocycles. The van der Waals surface area contributed by atoms with E-state index in [4.69, 9.17) is 11.8 Å². The van der Waals surface area contributed by atoms with Gasteiger partial charge in [-0.2, -0.15) is 0 Å². The van der Waals surface area contributed by atoms with Crippen LogP contribution in [0.25, 0.3) is 0 Å². The normalized spacial score (nSPS) is 19.6. The molecule has 2 N–H and O–H groups in total. The Labute approximate surface area is 222 Å². The van der Waals surface area contributed by atoms with Gasteiger partial charge in [-0.05, 0) is 94.9 Å². The molecule has 36 heavy (non-hydrogen) atoms. The number of allylic oxidation sites excluding steroid dienone is 7. The minimum absolute atomic E-state index is 0.444. The highest BCUT2D eigenvalue weighted by atomic mass is 15.1. The molecule has 0 spiro atoms. The third kappa shape index (κ3) is 10.4. The molecule has 0 bridgehead atoms. The van der Waals surface area contributed by atoms with Crippen LogP contribution in [-0.2, 0) is 0 Å². The number of rotatable bonds is 17. The van der Waals surface area contributed by atoms with Crippen LogP contribution in [0.3, 0.4) is 0 Å². The molecule has 1 saturated carbocycles. The molecule has 2 aliphatic carbocycles. The molecule has 3 nitrogen and oxygen atoms in total. The van der Waals surface area contributed by atoms with Gasteiger partial charge in [-0.15, -0.1) is 6.42 Å². The molecule has 0 aromatic rings. The fourth-order valence-electron chi connectivity index (χ4n) is 4.67. The Morgan fingerprint density at radius 3 is 2.67 bits per heavy atom. The van der Waals surface area contributed by atoms with Crippen molar-refractivity contribution in [3.8, 4) is 12.3 Å². The molecule has 2 aliphatic rings. The summed E-state index contributed by atoms with van der Waals surface area (Å²) in [6.45, 7) is 14.4. The fraction of sp³-hybridized carbons (Fsp3) is 0.606. The first-order valence-corrected chi connectivity index (χ1v) is 14.4. The van der Waals surface area contributed by atoms with Crippen molar-refractivity contribution in [2.45, 2.75) is 98.4 Å². The lowest BCUT2D eigenvalue weighted by Gasteiger charge is -2.28. The topological polar surface area (TPSA) is 39.1 Å². The lowest BCUT2D eigenvalue weighted by Crippen LogP contribution is -2.27. The number of hydrogen-bond donors (Lipinski definition) is 2. The molecule has 0 radical (unpaired) electrons. The minimum Gasteiger partial charge on any atom is -0.370 e. The van der Waals surface area contributed by atoms with Crippen molar-refractivity contribution in [1.29, 1.82) is 5.41 Å². The first-order chi connectivity index (χ1) is 17.4. The molecule has 0 aromatic heterocycles. The molecule has 2 rings (SSSR count). The van der Waals surface area contributed by atoms with Crippen LogP contribution in [-0.4, -0.2) is 36.3 Å². The Bertz CT molecular complexity index is 888. The van der Waals surface area contributed by atoms with E-state index in [1.807, 2.05) is 0 Å². The summed E-state index contributed by atoms with van der Waals surface area (Å²) >= 11 is 0. The van der Waals surface area contributed by atoms with E-state index < -0.39 is 0 Å². The first-order valence-electron chi connectivity index (χ1n) is 14.4. The summed E-state index contributed by atoms with van der Waals surface area (Å²) in [5.74, 6) is 4.12. The average molecular weight is 490 g/mol. The molecule has 2 atom stereocenters. The van der Waals surface area contributed by atoms with Gasteiger partial charge in [0.15, 0.2) is 0 Å². The van der Waals surface area contributed by atoms with E-state index >= 15 is 0 Å². The van der Waals surface area contributed by atoms with Crippen molar-refractivity contribution < 1.29 is 0 Å². The minimum atomic E-state index is 0.444. The molecule has 198 valence electrons. The summed E-state index contributed by atoms with van der Waals surface area (Å²) in [5, 5.41) is 11.9. The fourth-order valence-corrected chi connectivity index (χ4v) is 4.67. The SMILES string of the molecule is C#CC(/C=C/CC(=N)C1CC1)=C(\C=C/CC(C)NCCCC)N(CCC)CCC1=C(C)C(C)CC=C1. The van der Waals surface area contributed by atoms with Crippen molar-refractivity contribution in [3.05, 3.63) is 58.9 Å². The summed E-state index contributed by atoms with van der Waals surface area (Å²) in [7, 11) is 0. The quantitative estimate of drug-likeness (QED) is 0.0940. The molecule has 0 amide bonds. The average Bonchev–Trinajstić information content (AvgIpc) is 3.71. The van der Waals surface area contributed by atoms with E-state index in [0.717, 1.165) is 62.3 Å². The highest BCUT2D eigenvalue weighted by Gasteiger charge is 2.25. The second-order valence-electron chi connectivity index (χ2n) is 10.7.